The zero-order valence-corrected chi connectivity index (χ0v) is 12.5. The lowest BCUT2D eigenvalue weighted by Crippen LogP contribution is -2.44. The van der Waals surface area contributed by atoms with Crippen molar-refractivity contribution in [2.24, 2.45) is 17.6 Å². The predicted octanol–water partition coefficient (Wildman–Crippen LogP) is -1.62. The van der Waals surface area contributed by atoms with Gasteiger partial charge in [0.05, 0.1) is 18.6 Å². The third-order valence-electron chi connectivity index (χ3n) is 3.52. The maximum Gasteiger partial charge on any atom is 0.343 e. The number of carbonyl (C=O) groups excluding carboxylic acids is 4. The number of nitrogens with two attached hydrogens (primary N) is 1. The summed E-state index contributed by atoms with van der Waals surface area (Å²) in [4.78, 5) is 51.6. The summed E-state index contributed by atoms with van der Waals surface area (Å²) in [6.07, 6.45) is -0.908. The molecule has 0 saturated carbocycles. The monoisotopic (exact) mass is 316 g/mol. The minimum Gasteiger partial charge on any atom is -0.394 e. The van der Waals surface area contributed by atoms with Gasteiger partial charge in [-0.15, -0.1) is 5.06 Å². The molecule has 1 aliphatic heterocycles. The molecule has 3 unspecified atom stereocenters. The molecule has 0 spiro atoms. The number of imide groups is 1. The Balaban J connectivity index is 2.74. The van der Waals surface area contributed by atoms with Crippen molar-refractivity contribution in [1.29, 1.82) is 0 Å². The van der Waals surface area contributed by atoms with Gasteiger partial charge in [-0.1, -0.05) is 0 Å². The van der Waals surface area contributed by atoms with Gasteiger partial charge in [-0.25, -0.2) is 4.79 Å². The molecule has 0 aliphatic carbocycles. The smallest absolute Gasteiger partial charge is 0.343 e. The Bertz CT molecular complexity index is 445. The molecule has 1 rings (SSSR count). The molecule has 0 bridgehead atoms. The topological polar surface area (TPSA) is 136 Å². The average Bonchev–Trinajstić information content (AvgIpc) is 2.82. The Hall–Kier alpha value is -1.84. The van der Waals surface area contributed by atoms with Gasteiger partial charge in [0.25, 0.3) is 11.8 Å². The van der Waals surface area contributed by atoms with Crippen LogP contribution in [0.4, 0.5) is 0 Å². The van der Waals surface area contributed by atoms with E-state index < -0.39 is 48.1 Å². The second kappa shape index (κ2) is 7.97. The van der Waals surface area contributed by atoms with Gasteiger partial charge in [0, 0.05) is 26.5 Å². The van der Waals surface area contributed by atoms with E-state index in [-0.39, 0.29) is 19.4 Å². The van der Waals surface area contributed by atoms with E-state index in [1.54, 1.807) is 0 Å². The predicted molar refractivity (Wildman–Crippen MR) is 71.8 cm³/mol. The first-order valence-electron chi connectivity index (χ1n) is 6.82. The van der Waals surface area contributed by atoms with Crippen molar-refractivity contribution in [2.75, 3.05) is 20.3 Å². The van der Waals surface area contributed by atoms with Crippen LogP contribution in [0.25, 0.3) is 0 Å². The highest BCUT2D eigenvalue weighted by Crippen LogP contribution is 2.18. The van der Waals surface area contributed by atoms with Crippen LogP contribution >= 0.6 is 0 Å². The number of carbonyl (C=O) groups is 4. The molecular formula is C13H20N2O7. The van der Waals surface area contributed by atoms with Crippen molar-refractivity contribution < 1.29 is 33.9 Å². The fourth-order valence-electron chi connectivity index (χ4n) is 2.08. The van der Waals surface area contributed by atoms with E-state index in [2.05, 4.69) is 0 Å². The zero-order valence-electron chi connectivity index (χ0n) is 12.5. The van der Waals surface area contributed by atoms with Crippen molar-refractivity contribution >= 4 is 23.6 Å². The number of amides is 2. The molecule has 1 heterocycles. The number of Topliss-reactive ketones (excluding diaryl/α,β-unsaturated/α-hetero) is 1. The van der Waals surface area contributed by atoms with E-state index >= 15 is 0 Å². The highest BCUT2D eigenvalue weighted by atomic mass is 16.7. The molecule has 22 heavy (non-hydrogen) atoms. The van der Waals surface area contributed by atoms with Gasteiger partial charge in [-0.3, -0.25) is 14.4 Å². The second-order valence-corrected chi connectivity index (χ2v) is 4.92. The number of aliphatic hydroxyl groups excluding tert-OH is 1. The first kappa shape index (κ1) is 18.2. The molecular weight excluding hydrogens is 296 g/mol. The molecule has 9 heteroatoms. The molecule has 1 fully saturated rings. The molecule has 0 aromatic rings. The zero-order chi connectivity index (χ0) is 16.9. The van der Waals surface area contributed by atoms with Crippen molar-refractivity contribution in [3.63, 3.8) is 0 Å². The van der Waals surface area contributed by atoms with Crippen LogP contribution in [0.1, 0.15) is 19.8 Å². The van der Waals surface area contributed by atoms with Crippen LogP contribution in [-0.4, -0.2) is 60.1 Å². The lowest BCUT2D eigenvalue weighted by atomic mass is 9.90. The van der Waals surface area contributed by atoms with Gasteiger partial charge in [-0.2, -0.15) is 0 Å². The number of ketones is 1. The number of aliphatic hydroxyl groups is 1. The molecule has 124 valence electrons. The molecule has 9 nitrogen and oxygen atoms in total. The first-order chi connectivity index (χ1) is 10.4. The number of hydroxylamine groups is 2. The summed E-state index contributed by atoms with van der Waals surface area (Å²) in [5, 5.41) is 9.53. The maximum absolute atomic E-state index is 12.3. The maximum atomic E-state index is 12.3. The summed E-state index contributed by atoms with van der Waals surface area (Å²) in [5.74, 6) is -5.02. The third-order valence-corrected chi connectivity index (χ3v) is 3.52. The summed E-state index contributed by atoms with van der Waals surface area (Å²) >= 11 is 0. The Morgan fingerprint density at radius 1 is 1.32 bits per heavy atom. The Labute approximate surface area is 127 Å². The molecule has 2 amide bonds. The summed E-state index contributed by atoms with van der Waals surface area (Å²) in [6, 6.07) is 0. The van der Waals surface area contributed by atoms with Crippen LogP contribution in [0.3, 0.4) is 0 Å². The van der Waals surface area contributed by atoms with Gasteiger partial charge in [0.2, 0.25) is 0 Å². The average molecular weight is 316 g/mol. The van der Waals surface area contributed by atoms with E-state index in [0.717, 1.165) is 0 Å². The van der Waals surface area contributed by atoms with E-state index in [4.69, 9.17) is 20.4 Å². The third kappa shape index (κ3) is 3.87. The number of rotatable bonds is 8. The van der Waals surface area contributed by atoms with E-state index in [1.807, 2.05) is 0 Å². The van der Waals surface area contributed by atoms with Crippen molar-refractivity contribution in [3.8, 4) is 0 Å². The van der Waals surface area contributed by atoms with Gasteiger partial charge in [-0.05, 0) is 6.92 Å². The molecule has 3 atom stereocenters. The molecule has 0 aromatic heterocycles. The summed E-state index contributed by atoms with van der Waals surface area (Å²) < 4.78 is 4.95. The van der Waals surface area contributed by atoms with Crippen molar-refractivity contribution in [1.82, 2.24) is 5.06 Å². The molecule has 1 saturated heterocycles. The second-order valence-electron chi connectivity index (χ2n) is 4.92. The highest BCUT2D eigenvalue weighted by molar-refractivity contribution is 6.04. The molecule has 1 aliphatic rings. The van der Waals surface area contributed by atoms with E-state index in [1.165, 1.54) is 14.0 Å². The lowest BCUT2D eigenvalue weighted by Gasteiger charge is -2.24. The molecule has 3 N–H and O–H groups in total. The Morgan fingerprint density at radius 3 is 2.27 bits per heavy atom. The normalized spacial score (nSPS) is 19.0. The van der Waals surface area contributed by atoms with Crippen LogP contribution in [0, 0.1) is 11.8 Å². The molecule has 0 aromatic carbocycles. The fraction of sp³-hybridized carbons (Fsp3) is 0.692. The quantitative estimate of drug-likeness (QED) is 0.403. The summed E-state index contributed by atoms with van der Waals surface area (Å²) in [7, 11) is 1.31. The minimum absolute atomic E-state index is 0.0316. The molecule has 0 radical (unpaired) electrons. The van der Waals surface area contributed by atoms with Gasteiger partial charge < -0.3 is 20.4 Å². The highest BCUT2D eigenvalue weighted by Gasteiger charge is 2.38. The first-order valence-corrected chi connectivity index (χ1v) is 6.82. The van der Waals surface area contributed by atoms with E-state index in [0.29, 0.717) is 5.06 Å². The summed E-state index contributed by atoms with van der Waals surface area (Å²) in [6.45, 7) is 0.717. The largest absolute Gasteiger partial charge is 0.394 e. The van der Waals surface area contributed by atoms with Crippen molar-refractivity contribution in [2.45, 2.75) is 25.9 Å². The number of nitrogens with zero attached hydrogens (tertiary/aromatic N) is 1. The lowest BCUT2D eigenvalue weighted by molar-refractivity contribution is -0.200. The number of hydrogen-bond acceptors (Lipinski definition) is 8. The van der Waals surface area contributed by atoms with Gasteiger partial charge in [0.1, 0.15) is 5.92 Å². The van der Waals surface area contributed by atoms with Crippen LogP contribution in [0.2, 0.25) is 0 Å². The van der Waals surface area contributed by atoms with E-state index in [9.17, 15) is 19.2 Å². The minimum atomic E-state index is -1.25. The standard InChI is InChI=1S/C13H20N2O7/c1-7(12(19)8(5-14)9(6-16)21-2)13(20)22-15-10(17)3-4-11(15)18/h7-9,16H,3-6,14H2,1-2H3. The summed E-state index contributed by atoms with van der Waals surface area (Å²) in [5.41, 5.74) is 5.49. The number of methoxy groups -OCH3 is 1. The van der Waals surface area contributed by atoms with Gasteiger partial charge in [0.15, 0.2) is 5.78 Å². The number of ether oxygens (including phenoxy) is 1. The number of hydrogen-bond donors (Lipinski definition) is 2. The fourth-order valence-corrected chi connectivity index (χ4v) is 2.08. The Kier molecular flexibility index (Phi) is 6.60. The van der Waals surface area contributed by atoms with Crippen LogP contribution in [0.15, 0.2) is 0 Å². The van der Waals surface area contributed by atoms with Crippen LogP contribution in [0.5, 0.6) is 0 Å². The van der Waals surface area contributed by atoms with Crippen molar-refractivity contribution in [3.05, 3.63) is 0 Å². The Morgan fingerprint density at radius 2 is 1.86 bits per heavy atom. The van der Waals surface area contributed by atoms with Crippen LogP contribution in [-0.2, 0) is 28.8 Å². The van der Waals surface area contributed by atoms with Crippen LogP contribution < -0.4 is 5.73 Å². The SMILES string of the molecule is COC(CO)C(CN)C(=O)C(C)C(=O)ON1C(=O)CCC1=O. The van der Waals surface area contributed by atoms with Gasteiger partial charge >= 0.3 is 5.97 Å².